The summed E-state index contributed by atoms with van der Waals surface area (Å²) in [5.74, 6) is 0. The van der Waals surface area contributed by atoms with E-state index in [9.17, 15) is 0 Å². The SMILES string of the molecule is CC(C)(C)NCCNC(C)(C)C.Cl.Cl. The van der Waals surface area contributed by atoms with Crippen LogP contribution in [0.3, 0.4) is 0 Å². The van der Waals surface area contributed by atoms with Crippen molar-refractivity contribution >= 4 is 24.8 Å². The van der Waals surface area contributed by atoms with Crippen molar-refractivity contribution in [2.45, 2.75) is 52.6 Å². The van der Waals surface area contributed by atoms with E-state index in [1.807, 2.05) is 0 Å². The van der Waals surface area contributed by atoms with Crippen molar-refractivity contribution < 1.29 is 0 Å². The summed E-state index contributed by atoms with van der Waals surface area (Å²) in [7, 11) is 0. The molecule has 0 radical (unpaired) electrons. The fraction of sp³-hybridized carbons (Fsp3) is 1.00. The maximum absolute atomic E-state index is 3.43. The van der Waals surface area contributed by atoms with Gasteiger partial charge in [-0.25, -0.2) is 0 Å². The van der Waals surface area contributed by atoms with Gasteiger partial charge in [0, 0.05) is 24.2 Å². The maximum atomic E-state index is 3.43. The van der Waals surface area contributed by atoms with Gasteiger partial charge in [0.05, 0.1) is 0 Å². The van der Waals surface area contributed by atoms with Gasteiger partial charge in [-0.2, -0.15) is 0 Å². The molecule has 0 amide bonds. The highest BCUT2D eigenvalue weighted by Gasteiger charge is 2.10. The highest BCUT2D eigenvalue weighted by molar-refractivity contribution is 5.85. The number of rotatable bonds is 3. The quantitative estimate of drug-likeness (QED) is 0.747. The van der Waals surface area contributed by atoms with Crippen LogP contribution in [-0.2, 0) is 0 Å². The van der Waals surface area contributed by atoms with Crippen molar-refractivity contribution in [3.8, 4) is 0 Å². The lowest BCUT2D eigenvalue weighted by atomic mass is 10.1. The van der Waals surface area contributed by atoms with Gasteiger partial charge in [-0.1, -0.05) is 0 Å². The molecule has 0 aromatic heterocycles. The van der Waals surface area contributed by atoms with Crippen LogP contribution in [-0.4, -0.2) is 24.2 Å². The Labute approximate surface area is 101 Å². The first-order chi connectivity index (χ1) is 5.21. The highest BCUT2D eigenvalue weighted by atomic mass is 35.5. The minimum absolute atomic E-state index is 0. The van der Waals surface area contributed by atoms with Gasteiger partial charge in [-0.3, -0.25) is 0 Å². The fourth-order valence-electron chi connectivity index (χ4n) is 0.875. The molecule has 2 nitrogen and oxygen atoms in total. The first kappa shape index (κ1) is 20.0. The summed E-state index contributed by atoms with van der Waals surface area (Å²) < 4.78 is 0. The molecule has 0 rings (SSSR count). The van der Waals surface area contributed by atoms with Crippen molar-refractivity contribution in [2.24, 2.45) is 0 Å². The zero-order valence-corrected chi connectivity index (χ0v) is 11.9. The molecule has 0 aliphatic heterocycles. The third kappa shape index (κ3) is 18.3. The predicted octanol–water partition coefficient (Wildman–Crippen LogP) is 2.61. The Morgan fingerprint density at radius 1 is 0.643 bits per heavy atom. The average molecular weight is 245 g/mol. The average Bonchev–Trinajstić information content (AvgIpc) is 1.76. The standard InChI is InChI=1S/C10H24N2.2ClH/c1-9(2,3)11-7-8-12-10(4,5)6;;/h11-12H,7-8H2,1-6H3;2*1H. The van der Waals surface area contributed by atoms with E-state index in [1.54, 1.807) is 0 Å². The van der Waals surface area contributed by atoms with Crippen LogP contribution in [0.5, 0.6) is 0 Å². The van der Waals surface area contributed by atoms with Crippen molar-refractivity contribution in [3.63, 3.8) is 0 Å². The zero-order chi connectivity index (χ0) is 9.83. The van der Waals surface area contributed by atoms with E-state index in [0.717, 1.165) is 13.1 Å². The van der Waals surface area contributed by atoms with Gasteiger partial charge in [-0.05, 0) is 41.5 Å². The molecule has 0 unspecified atom stereocenters. The van der Waals surface area contributed by atoms with Gasteiger partial charge in [0.25, 0.3) is 0 Å². The number of hydrogen-bond donors (Lipinski definition) is 2. The fourth-order valence-corrected chi connectivity index (χ4v) is 0.875. The summed E-state index contributed by atoms with van der Waals surface area (Å²) in [5, 5.41) is 6.86. The molecular weight excluding hydrogens is 219 g/mol. The molecule has 4 heteroatoms. The van der Waals surface area contributed by atoms with Gasteiger partial charge in [-0.15, -0.1) is 24.8 Å². The third-order valence-corrected chi connectivity index (χ3v) is 1.44. The molecular formula is C10H26Cl2N2. The van der Waals surface area contributed by atoms with Gasteiger partial charge in [0.15, 0.2) is 0 Å². The molecule has 0 bridgehead atoms. The molecule has 0 saturated heterocycles. The van der Waals surface area contributed by atoms with Crippen molar-refractivity contribution in [3.05, 3.63) is 0 Å². The predicted molar refractivity (Wildman–Crippen MR) is 70.0 cm³/mol. The van der Waals surface area contributed by atoms with Crippen LogP contribution < -0.4 is 10.6 Å². The van der Waals surface area contributed by atoms with Crippen LogP contribution in [0.1, 0.15) is 41.5 Å². The smallest absolute Gasteiger partial charge is 0.00970 e. The lowest BCUT2D eigenvalue weighted by molar-refractivity contribution is 0.381. The summed E-state index contributed by atoms with van der Waals surface area (Å²) in [6, 6.07) is 0. The molecule has 0 fully saturated rings. The van der Waals surface area contributed by atoms with E-state index >= 15 is 0 Å². The molecule has 0 atom stereocenters. The van der Waals surface area contributed by atoms with Crippen LogP contribution >= 0.6 is 24.8 Å². The second-order valence-corrected chi connectivity index (χ2v) is 5.35. The lowest BCUT2D eigenvalue weighted by Crippen LogP contribution is -2.44. The molecule has 0 aliphatic rings. The second kappa shape index (κ2) is 7.75. The summed E-state index contributed by atoms with van der Waals surface area (Å²) in [6.45, 7) is 15.2. The largest absolute Gasteiger partial charge is 0.311 e. The van der Waals surface area contributed by atoms with Crippen LogP contribution in [0.2, 0.25) is 0 Å². The summed E-state index contributed by atoms with van der Waals surface area (Å²) in [4.78, 5) is 0. The monoisotopic (exact) mass is 244 g/mol. The number of hydrogen-bond acceptors (Lipinski definition) is 2. The summed E-state index contributed by atoms with van der Waals surface area (Å²) in [6.07, 6.45) is 0. The Morgan fingerprint density at radius 2 is 0.857 bits per heavy atom. The van der Waals surface area contributed by atoms with Gasteiger partial charge in [0.2, 0.25) is 0 Å². The van der Waals surface area contributed by atoms with Crippen LogP contribution in [0.4, 0.5) is 0 Å². The third-order valence-electron chi connectivity index (χ3n) is 1.44. The topological polar surface area (TPSA) is 24.1 Å². The molecule has 0 aliphatic carbocycles. The van der Waals surface area contributed by atoms with Crippen molar-refractivity contribution in [1.82, 2.24) is 10.6 Å². The van der Waals surface area contributed by atoms with E-state index in [-0.39, 0.29) is 35.9 Å². The lowest BCUT2D eigenvalue weighted by Gasteiger charge is -2.24. The Balaban J connectivity index is -0.000000605. The summed E-state index contributed by atoms with van der Waals surface area (Å²) >= 11 is 0. The second-order valence-electron chi connectivity index (χ2n) is 5.35. The van der Waals surface area contributed by atoms with E-state index < -0.39 is 0 Å². The molecule has 0 spiro atoms. The molecule has 0 saturated carbocycles. The molecule has 2 N–H and O–H groups in total. The molecule has 0 aromatic rings. The minimum atomic E-state index is 0. The molecule has 0 aromatic carbocycles. The van der Waals surface area contributed by atoms with Gasteiger partial charge < -0.3 is 10.6 Å². The summed E-state index contributed by atoms with van der Waals surface area (Å²) in [5.41, 5.74) is 0.471. The van der Waals surface area contributed by atoms with Crippen molar-refractivity contribution in [2.75, 3.05) is 13.1 Å². The Morgan fingerprint density at radius 3 is 1.00 bits per heavy atom. The van der Waals surface area contributed by atoms with Crippen LogP contribution in [0, 0.1) is 0 Å². The molecule has 90 valence electrons. The first-order valence-electron chi connectivity index (χ1n) is 4.71. The minimum Gasteiger partial charge on any atom is -0.311 e. The van der Waals surface area contributed by atoms with Crippen LogP contribution in [0.15, 0.2) is 0 Å². The zero-order valence-electron chi connectivity index (χ0n) is 10.2. The highest BCUT2D eigenvalue weighted by Crippen LogP contribution is 1.98. The Kier molecular flexibility index (Phi) is 11.1. The van der Waals surface area contributed by atoms with Crippen molar-refractivity contribution in [1.29, 1.82) is 0 Å². The van der Waals surface area contributed by atoms with Gasteiger partial charge in [0.1, 0.15) is 0 Å². The maximum Gasteiger partial charge on any atom is 0.00970 e. The van der Waals surface area contributed by atoms with Gasteiger partial charge >= 0.3 is 0 Å². The first-order valence-corrected chi connectivity index (χ1v) is 4.71. The number of halogens is 2. The Hall–Kier alpha value is 0.500. The number of nitrogens with one attached hydrogen (secondary N) is 2. The van der Waals surface area contributed by atoms with E-state index in [2.05, 4.69) is 52.2 Å². The molecule has 0 heterocycles. The van der Waals surface area contributed by atoms with E-state index in [1.165, 1.54) is 0 Å². The Bertz CT molecular complexity index is 109. The van der Waals surface area contributed by atoms with E-state index in [4.69, 9.17) is 0 Å². The van der Waals surface area contributed by atoms with E-state index in [0.29, 0.717) is 0 Å². The van der Waals surface area contributed by atoms with Crippen LogP contribution in [0.25, 0.3) is 0 Å². The normalized spacial score (nSPS) is 11.6. The molecule has 14 heavy (non-hydrogen) atoms.